The molecule has 2 amide bonds. The standard InChI is InChI=1S/C29H37ClN2O5S/c1-4-14-31(21-13-9-8-12-20(21)30)27(35)25-29-19(3)18-22(38-29)23(28(36)37-17-5-2)24(29)26(34)32(25)15-10-6-7-11-16-33/h4-5,8-9,12-13,19,22-25,33H,1-2,6-7,10-11,14-18H2,3H3/t19?,22-,23+,24-,25?,29?/m0/s1. The van der Waals surface area contributed by atoms with Gasteiger partial charge >= 0.3 is 5.97 Å². The molecule has 3 fully saturated rings. The van der Waals surface area contributed by atoms with Gasteiger partial charge in [0, 0.05) is 24.9 Å². The molecule has 3 aliphatic heterocycles. The van der Waals surface area contributed by atoms with Crippen LogP contribution in [0.25, 0.3) is 0 Å². The van der Waals surface area contributed by atoms with Crippen LogP contribution in [0.15, 0.2) is 49.6 Å². The molecule has 9 heteroatoms. The molecule has 3 unspecified atom stereocenters. The zero-order valence-electron chi connectivity index (χ0n) is 21.9. The van der Waals surface area contributed by atoms with Gasteiger partial charge in [0.05, 0.1) is 27.3 Å². The number of halogens is 1. The quantitative estimate of drug-likeness (QED) is 0.217. The SMILES string of the molecule is C=CCOC(=O)[C@@H]1[C@@H]2CC(C)C3(S2)C(C(=O)N(CC=C)c2ccccc2Cl)N(CCCCCCO)C(=O)[C@H]13. The van der Waals surface area contributed by atoms with E-state index in [0.717, 1.165) is 19.3 Å². The third-order valence-electron chi connectivity index (χ3n) is 8.12. The zero-order valence-corrected chi connectivity index (χ0v) is 23.5. The summed E-state index contributed by atoms with van der Waals surface area (Å²) in [5, 5.41) is 9.51. The maximum Gasteiger partial charge on any atom is 0.311 e. The number of benzene rings is 1. The van der Waals surface area contributed by atoms with Crippen LogP contribution in [0, 0.1) is 17.8 Å². The molecular formula is C29H37ClN2O5S. The van der Waals surface area contributed by atoms with Crippen LogP contribution in [0.1, 0.15) is 39.0 Å². The van der Waals surface area contributed by atoms with Crippen LogP contribution in [0.4, 0.5) is 5.69 Å². The van der Waals surface area contributed by atoms with Crippen molar-refractivity contribution in [3.05, 3.63) is 54.6 Å². The van der Waals surface area contributed by atoms with Gasteiger partial charge in [-0.2, -0.15) is 0 Å². The molecule has 3 heterocycles. The smallest absolute Gasteiger partial charge is 0.311 e. The minimum absolute atomic E-state index is 0.0556. The molecule has 4 rings (SSSR count). The Morgan fingerprint density at radius 3 is 2.66 bits per heavy atom. The molecule has 0 aromatic heterocycles. The van der Waals surface area contributed by atoms with E-state index >= 15 is 0 Å². The number of aliphatic hydroxyl groups excluding tert-OH is 1. The van der Waals surface area contributed by atoms with Crippen LogP contribution < -0.4 is 4.90 Å². The number of nitrogens with zero attached hydrogens (tertiary/aromatic N) is 2. The molecular weight excluding hydrogens is 524 g/mol. The van der Waals surface area contributed by atoms with Gasteiger partial charge in [0.2, 0.25) is 5.91 Å². The van der Waals surface area contributed by atoms with Crippen LogP contribution in [-0.2, 0) is 19.1 Å². The Morgan fingerprint density at radius 2 is 1.97 bits per heavy atom. The average molecular weight is 561 g/mol. The fourth-order valence-electron chi connectivity index (χ4n) is 6.55. The Bertz CT molecular complexity index is 1080. The van der Waals surface area contributed by atoms with E-state index in [0.29, 0.717) is 30.1 Å². The second-order valence-corrected chi connectivity index (χ2v) is 12.3. The Kier molecular flexibility index (Phi) is 9.27. The third-order valence-corrected chi connectivity index (χ3v) is 10.5. The first-order valence-corrected chi connectivity index (χ1v) is 14.6. The predicted octanol–water partition coefficient (Wildman–Crippen LogP) is 4.48. The number of hydrogen-bond acceptors (Lipinski definition) is 6. The van der Waals surface area contributed by atoms with Gasteiger partial charge < -0.3 is 19.6 Å². The first-order chi connectivity index (χ1) is 18.3. The molecule has 3 aliphatic rings. The number of esters is 1. The summed E-state index contributed by atoms with van der Waals surface area (Å²) in [5.41, 5.74) is 0.571. The number of carbonyl (C=O) groups excluding carboxylic acids is 3. The van der Waals surface area contributed by atoms with Gasteiger partial charge in [-0.25, -0.2) is 0 Å². The lowest BCUT2D eigenvalue weighted by molar-refractivity contribution is -0.153. The minimum atomic E-state index is -0.740. The maximum atomic E-state index is 14.5. The van der Waals surface area contributed by atoms with Crippen molar-refractivity contribution < 1.29 is 24.2 Å². The molecule has 7 nitrogen and oxygen atoms in total. The number of anilines is 1. The van der Waals surface area contributed by atoms with Crippen molar-refractivity contribution in [3.63, 3.8) is 0 Å². The summed E-state index contributed by atoms with van der Waals surface area (Å²) in [6.45, 7) is 10.5. The molecule has 1 spiro atoms. The number of unbranched alkanes of at least 4 members (excludes halogenated alkanes) is 3. The van der Waals surface area contributed by atoms with Gasteiger partial charge in [0.15, 0.2) is 0 Å². The van der Waals surface area contributed by atoms with E-state index in [1.807, 2.05) is 12.1 Å². The molecule has 1 N–H and O–H groups in total. The Hall–Kier alpha value is -2.29. The highest BCUT2D eigenvalue weighted by Gasteiger charge is 2.76. The van der Waals surface area contributed by atoms with E-state index in [9.17, 15) is 14.4 Å². The number of fused-ring (bicyclic) bond motifs is 1. The highest BCUT2D eigenvalue weighted by atomic mass is 35.5. The van der Waals surface area contributed by atoms with E-state index in [1.54, 1.807) is 39.8 Å². The first-order valence-electron chi connectivity index (χ1n) is 13.4. The normalized spacial score (nSPS) is 29.3. The lowest BCUT2D eigenvalue weighted by Gasteiger charge is -2.40. The lowest BCUT2D eigenvalue weighted by Crippen LogP contribution is -2.57. The van der Waals surface area contributed by atoms with E-state index in [-0.39, 0.29) is 48.7 Å². The van der Waals surface area contributed by atoms with Crippen molar-refractivity contribution in [2.75, 3.05) is 31.2 Å². The summed E-state index contributed by atoms with van der Waals surface area (Å²) < 4.78 is 4.72. The van der Waals surface area contributed by atoms with Crippen molar-refractivity contribution in [2.24, 2.45) is 17.8 Å². The molecule has 0 radical (unpaired) electrons. The van der Waals surface area contributed by atoms with Gasteiger partial charge in [-0.3, -0.25) is 14.4 Å². The monoisotopic (exact) mass is 560 g/mol. The Morgan fingerprint density at radius 1 is 1.24 bits per heavy atom. The summed E-state index contributed by atoms with van der Waals surface area (Å²) in [4.78, 5) is 45.2. The molecule has 1 aromatic carbocycles. The van der Waals surface area contributed by atoms with Gasteiger partial charge in [-0.05, 0) is 37.3 Å². The predicted molar refractivity (Wildman–Crippen MR) is 151 cm³/mol. The summed E-state index contributed by atoms with van der Waals surface area (Å²) in [5.74, 6) is -1.90. The first kappa shape index (κ1) is 28.7. The molecule has 0 aliphatic carbocycles. The largest absolute Gasteiger partial charge is 0.461 e. The maximum absolute atomic E-state index is 14.5. The topological polar surface area (TPSA) is 87.2 Å². The summed E-state index contributed by atoms with van der Waals surface area (Å²) in [6.07, 6.45) is 7.01. The summed E-state index contributed by atoms with van der Waals surface area (Å²) in [7, 11) is 0. The fourth-order valence-corrected chi connectivity index (χ4v) is 9.19. The average Bonchev–Trinajstić information content (AvgIpc) is 3.49. The number of aliphatic hydroxyl groups is 1. The number of rotatable bonds is 13. The van der Waals surface area contributed by atoms with Gasteiger partial charge in [0.1, 0.15) is 12.6 Å². The molecule has 38 heavy (non-hydrogen) atoms. The zero-order chi connectivity index (χ0) is 27.4. The molecule has 0 saturated carbocycles. The van der Waals surface area contributed by atoms with Crippen LogP contribution in [0.2, 0.25) is 5.02 Å². The minimum Gasteiger partial charge on any atom is -0.461 e. The number of ether oxygens (including phenoxy) is 1. The van der Waals surface area contributed by atoms with E-state index in [1.165, 1.54) is 6.08 Å². The second kappa shape index (κ2) is 12.3. The Balaban J connectivity index is 1.74. The number of thioether (sulfide) groups is 1. The van der Waals surface area contributed by atoms with Crippen molar-refractivity contribution >= 4 is 46.8 Å². The Labute approximate surface area is 234 Å². The van der Waals surface area contributed by atoms with Crippen LogP contribution >= 0.6 is 23.4 Å². The molecule has 2 bridgehead atoms. The molecule has 6 atom stereocenters. The van der Waals surface area contributed by atoms with Crippen molar-refractivity contribution in [1.29, 1.82) is 0 Å². The van der Waals surface area contributed by atoms with E-state index < -0.39 is 22.6 Å². The van der Waals surface area contributed by atoms with Gasteiger partial charge in [-0.15, -0.1) is 18.3 Å². The van der Waals surface area contributed by atoms with E-state index in [4.69, 9.17) is 21.4 Å². The van der Waals surface area contributed by atoms with Crippen LogP contribution in [0.3, 0.4) is 0 Å². The van der Waals surface area contributed by atoms with Crippen LogP contribution in [0.5, 0.6) is 0 Å². The van der Waals surface area contributed by atoms with Crippen LogP contribution in [-0.4, -0.2) is 70.1 Å². The number of amides is 2. The number of likely N-dealkylation sites (tertiary alicyclic amines) is 1. The molecule has 3 saturated heterocycles. The van der Waals surface area contributed by atoms with Gasteiger partial charge in [-0.1, -0.05) is 62.2 Å². The molecule has 1 aromatic rings. The van der Waals surface area contributed by atoms with Crippen molar-refractivity contribution in [3.8, 4) is 0 Å². The van der Waals surface area contributed by atoms with Crippen molar-refractivity contribution in [2.45, 2.75) is 55.1 Å². The van der Waals surface area contributed by atoms with Gasteiger partial charge in [0.25, 0.3) is 5.91 Å². The van der Waals surface area contributed by atoms with E-state index in [2.05, 4.69) is 20.1 Å². The fraction of sp³-hybridized carbons (Fsp3) is 0.552. The number of carbonyl (C=O) groups is 3. The number of hydrogen-bond donors (Lipinski definition) is 1. The number of para-hydroxylation sites is 1. The summed E-state index contributed by atoms with van der Waals surface area (Å²) in [6, 6.07) is 6.44. The third kappa shape index (κ3) is 4.91. The van der Waals surface area contributed by atoms with Crippen molar-refractivity contribution in [1.82, 2.24) is 4.90 Å². The second-order valence-electron chi connectivity index (χ2n) is 10.3. The highest BCUT2D eigenvalue weighted by Crippen LogP contribution is 2.68. The molecule has 206 valence electrons. The highest BCUT2D eigenvalue weighted by molar-refractivity contribution is 8.02. The lowest BCUT2D eigenvalue weighted by atomic mass is 9.66. The summed E-state index contributed by atoms with van der Waals surface area (Å²) >= 11 is 8.15.